The molecule has 0 unspecified atom stereocenters. The SMILES string of the molecule is CN(C)c1ccc(C#CC#Cc2ccc(C(=O)NCCOc3ccccc3CC3CC4(C3)CN(C(=O)OC(C(F)(F)F)C(F)(F)F)C4)cc2)cc1. The van der Waals surface area contributed by atoms with Crippen molar-refractivity contribution in [2.45, 2.75) is 37.7 Å². The average Bonchev–Trinajstić information content (AvgIpc) is 3.04. The van der Waals surface area contributed by atoms with Gasteiger partial charge in [0, 0.05) is 55.0 Å². The van der Waals surface area contributed by atoms with Crippen LogP contribution in [0.1, 0.15) is 39.9 Å². The lowest BCUT2D eigenvalue weighted by atomic mass is 9.56. The number of rotatable bonds is 9. The van der Waals surface area contributed by atoms with Gasteiger partial charge in [-0.25, -0.2) is 4.79 Å². The van der Waals surface area contributed by atoms with Crippen molar-refractivity contribution in [3.8, 4) is 29.4 Å². The minimum atomic E-state index is -5.75. The number of hydrogen-bond donors (Lipinski definition) is 1. The van der Waals surface area contributed by atoms with E-state index in [1.165, 1.54) is 0 Å². The molecular weight excluding hydrogens is 676 g/mol. The van der Waals surface area contributed by atoms with Crippen LogP contribution in [0.2, 0.25) is 0 Å². The zero-order chi connectivity index (χ0) is 36.8. The number of anilines is 1. The van der Waals surface area contributed by atoms with Crippen LogP contribution in [0.4, 0.5) is 36.8 Å². The van der Waals surface area contributed by atoms with Crippen molar-refractivity contribution >= 4 is 17.7 Å². The fourth-order valence-corrected chi connectivity index (χ4v) is 6.26. The van der Waals surface area contributed by atoms with Crippen LogP contribution in [0.15, 0.2) is 72.8 Å². The number of para-hydroxylation sites is 1. The number of carbonyl (C=O) groups excluding carboxylic acids is 2. The first kappa shape index (κ1) is 37.0. The van der Waals surface area contributed by atoms with Crippen molar-refractivity contribution < 1.29 is 45.4 Å². The molecule has 0 atom stereocenters. The van der Waals surface area contributed by atoms with E-state index in [-0.39, 0.29) is 43.5 Å². The zero-order valence-corrected chi connectivity index (χ0v) is 27.8. The van der Waals surface area contributed by atoms with Gasteiger partial charge in [-0.1, -0.05) is 30.0 Å². The van der Waals surface area contributed by atoms with Gasteiger partial charge in [-0.2, -0.15) is 26.3 Å². The first-order valence-corrected chi connectivity index (χ1v) is 16.1. The highest BCUT2D eigenvalue weighted by molar-refractivity contribution is 5.94. The number of alkyl halides is 6. The standard InChI is InChI=1S/C38H35F6N3O4/c1-46(2)31-17-13-27(14-18-31)8-4-3-7-26-11-15-29(16-12-26)33(48)45-19-20-50-32-10-6-5-9-30(32)21-28-22-36(23-28)24-47(25-36)35(49)51-34(37(39,40)41)38(42,43)44/h5-6,9-18,28,34H,19-25H2,1-2H3,(H,45,48). The van der Waals surface area contributed by atoms with E-state index in [1.54, 1.807) is 24.3 Å². The Balaban J connectivity index is 1.02. The van der Waals surface area contributed by atoms with Crippen LogP contribution in [0.25, 0.3) is 0 Å². The van der Waals surface area contributed by atoms with Crippen LogP contribution >= 0.6 is 0 Å². The Bertz CT molecular complexity index is 1810. The van der Waals surface area contributed by atoms with Crippen LogP contribution in [0, 0.1) is 35.0 Å². The zero-order valence-electron chi connectivity index (χ0n) is 27.8. The Morgan fingerprint density at radius 1 is 0.882 bits per heavy atom. The van der Waals surface area contributed by atoms with Crippen molar-refractivity contribution in [2.75, 3.05) is 45.2 Å². The normalized spacial score (nSPS) is 15.0. The summed E-state index contributed by atoms with van der Waals surface area (Å²) in [5, 5.41) is 2.83. The highest BCUT2D eigenvalue weighted by Crippen LogP contribution is 2.53. The van der Waals surface area contributed by atoms with Crippen LogP contribution in [0.5, 0.6) is 5.75 Å². The summed E-state index contributed by atoms with van der Waals surface area (Å²) >= 11 is 0. The van der Waals surface area contributed by atoms with Crippen LogP contribution < -0.4 is 15.0 Å². The molecule has 7 nitrogen and oxygen atoms in total. The Kier molecular flexibility index (Phi) is 11.1. The highest BCUT2D eigenvalue weighted by atomic mass is 19.4. The lowest BCUT2D eigenvalue weighted by Gasteiger charge is -2.58. The molecule has 1 saturated carbocycles. The summed E-state index contributed by atoms with van der Waals surface area (Å²) in [5.74, 6) is 12.2. The molecule has 3 aromatic rings. The molecule has 5 rings (SSSR count). The van der Waals surface area contributed by atoms with E-state index in [4.69, 9.17) is 4.74 Å². The number of hydrogen-bond acceptors (Lipinski definition) is 5. The summed E-state index contributed by atoms with van der Waals surface area (Å²) in [6.45, 7) is 0.550. The van der Waals surface area contributed by atoms with Gasteiger partial charge in [0.15, 0.2) is 0 Å². The third-order valence-corrected chi connectivity index (χ3v) is 8.70. The van der Waals surface area contributed by atoms with Gasteiger partial charge >= 0.3 is 18.4 Å². The van der Waals surface area contributed by atoms with Crippen LogP contribution in [0.3, 0.4) is 0 Å². The Labute approximate surface area is 291 Å². The number of ether oxygens (including phenoxy) is 2. The maximum absolute atomic E-state index is 12.7. The molecule has 1 heterocycles. The molecule has 0 aromatic heterocycles. The summed E-state index contributed by atoms with van der Waals surface area (Å²) in [7, 11) is 3.94. The fraction of sp³-hybridized carbons (Fsp3) is 0.368. The van der Waals surface area contributed by atoms with E-state index in [0.29, 0.717) is 30.6 Å². The Morgan fingerprint density at radius 3 is 2.02 bits per heavy atom. The molecule has 2 amide bonds. The maximum atomic E-state index is 12.7. The number of halogens is 6. The molecule has 1 aliphatic carbocycles. The molecular formula is C38H35F6N3O4. The van der Waals surface area contributed by atoms with Gasteiger partial charge < -0.3 is 24.6 Å². The molecule has 2 aliphatic rings. The molecule has 0 radical (unpaired) electrons. The van der Waals surface area contributed by atoms with Crippen molar-refractivity contribution in [3.63, 3.8) is 0 Å². The van der Waals surface area contributed by atoms with Gasteiger partial charge in [-0.3, -0.25) is 4.79 Å². The molecule has 1 aliphatic heterocycles. The van der Waals surface area contributed by atoms with Gasteiger partial charge in [0.05, 0.1) is 6.54 Å². The van der Waals surface area contributed by atoms with Crippen molar-refractivity contribution in [3.05, 3.63) is 95.1 Å². The van der Waals surface area contributed by atoms with E-state index < -0.39 is 24.5 Å². The van der Waals surface area contributed by atoms with Crippen molar-refractivity contribution in [1.82, 2.24) is 10.2 Å². The lowest BCUT2D eigenvalue weighted by molar-refractivity contribution is -0.309. The second-order valence-electron chi connectivity index (χ2n) is 12.9. The summed E-state index contributed by atoms with van der Waals surface area (Å²) in [6, 6.07) is 22.1. The van der Waals surface area contributed by atoms with Crippen LogP contribution in [-0.2, 0) is 11.2 Å². The quantitative estimate of drug-likeness (QED) is 0.150. The molecule has 51 heavy (non-hydrogen) atoms. The van der Waals surface area contributed by atoms with Gasteiger partial charge in [-0.05, 0) is 97.2 Å². The van der Waals surface area contributed by atoms with Gasteiger partial charge in [0.1, 0.15) is 12.4 Å². The van der Waals surface area contributed by atoms with E-state index >= 15 is 0 Å². The minimum Gasteiger partial charge on any atom is -0.491 e. The number of nitrogens with one attached hydrogen (secondary N) is 1. The molecule has 3 aromatic carbocycles. The highest BCUT2D eigenvalue weighted by Gasteiger charge is 2.61. The third-order valence-electron chi connectivity index (χ3n) is 8.70. The van der Waals surface area contributed by atoms with E-state index in [1.807, 2.05) is 67.5 Å². The molecule has 0 bridgehead atoms. The molecule has 1 saturated heterocycles. The van der Waals surface area contributed by atoms with Crippen molar-refractivity contribution in [1.29, 1.82) is 0 Å². The third kappa shape index (κ3) is 9.69. The monoisotopic (exact) mass is 711 g/mol. The number of carbonyl (C=O) groups is 2. The summed E-state index contributed by atoms with van der Waals surface area (Å²) in [4.78, 5) is 27.5. The average molecular weight is 712 g/mol. The maximum Gasteiger partial charge on any atom is 0.434 e. The predicted molar refractivity (Wildman–Crippen MR) is 178 cm³/mol. The van der Waals surface area contributed by atoms with Gasteiger partial charge in [0.25, 0.3) is 12.0 Å². The molecule has 2 fully saturated rings. The molecule has 268 valence electrons. The number of likely N-dealkylation sites (tertiary alicyclic amines) is 1. The van der Waals surface area contributed by atoms with Crippen molar-refractivity contribution in [2.24, 2.45) is 11.3 Å². The predicted octanol–water partition coefficient (Wildman–Crippen LogP) is 6.85. The smallest absolute Gasteiger partial charge is 0.434 e. The van der Waals surface area contributed by atoms with Gasteiger partial charge in [-0.15, -0.1) is 0 Å². The summed E-state index contributed by atoms with van der Waals surface area (Å²) in [5.41, 5.74) is 3.72. The van der Waals surface area contributed by atoms with E-state index in [9.17, 15) is 35.9 Å². The van der Waals surface area contributed by atoms with Crippen LogP contribution in [-0.4, -0.2) is 75.7 Å². The minimum absolute atomic E-state index is 0.0421. The van der Waals surface area contributed by atoms with E-state index in [2.05, 4.69) is 33.7 Å². The Hall–Kier alpha value is -5.30. The van der Waals surface area contributed by atoms with Gasteiger partial charge in [0.2, 0.25) is 0 Å². The first-order chi connectivity index (χ1) is 24.1. The second-order valence-corrected chi connectivity index (χ2v) is 12.9. The first-order valence-electron chi connectivity index (χ1n) is 16.1. The molecule has 1 spiro atoms. The second kappa shape index (κ2) is 15.3. The number of amides is 2. The lowest BCUT2D eigenvalue weighted by Crippen LogP contribution is -2.64. The largest absolute Gasteiger partial charge is 0.491 e. The fourth-order valence-electron chi connectivity index (χ4n) is 6.26. The van der Waals surface area contributed by atoms with E-state index in [0.717, 1.165) is 27.3 Å². The molecule has 1 N–H and O–H groups in total. The number of nitrogens with zero attached hydrogens (tertiary/aromatic N) is 2. The summed E-state index contributed by atoms with van der Waals surface area (Å²) < 4.78 is 86.2. The summed E-state index contributed by atoms with van der Waals surface area (Å²) in [6.07, 6.45) is -15.3. The Morgan fingerprint density at radius 2 is 1.45 bits per heavy atom. The topological polar surface area (TPSA) is 71.1 Å². The molecule has 13 heteroatoms. The number of benzene rings is 3.